The minimum Gasteiger partial charge on any atom is -0.342 e. The van der Waals surface area contributed by atoms with Gasteiger partial charge in [-0.05, 0) is 12.5 Å². The SMILES string of the molecule is Cc1ccc(C[NH2+]C[C@H](C)c2ccccc2)cc1. The summed E-state index contributed by atoms with van der Waals surface area (Å²) in [4.78, 5) is 0. The lowest BCUT2D eigenvalue weighted by Crippen LogP contribution is -2.83. The summed E-state index contributed by atoms with van der Waals surface area (Å²) in [6.45, 7) is 6.63. The highest BCUT2D eigenvalue weighted by Crippen LogP contribution is 2.11. The van der Waals surface area contributed by atoms with Crippen molar-refractivity contribution in [1.82, 2.24) is 0 Å². The summed E-state index contributed by atoms with van der Waals surface area (Å²) in [7, 11) is 0. The molecule has 0 aliphatic carbocycles. The second-order valence-corrected chi connectivity index (χ2v) is 5.03. The van der Waals surface area contributed by atoms with Gasteiger partial charge in [-0.15, -0.1) is 0 Å². The van der Waals surface area contributed by atoms with Gasteiger partial charge in [0.25, 0.3) is 0 Å². The van der Waals surface area contributed by atoms with E-state index in [0.717, 1.165) is 13.1 Å². The molecule has 0 spiro atoms. The van der Waals surface area contributed by atoms with Gasteiger partial charge < -0.3 is 5.32 Å². The molecule has 0 saturated carbocycles. The monoisotopic (exact) mass is 240 g/mol. The molecule has 94 valence electrons. The lowest BCUT2D eigenvalue weighted by atomic mass is 10.0. The molecule has 0 bridgehead atoms. The third-order valence-corrected chi connectivity index (χ3v) is 3.39. The molecule has 1 atom stereocenters. The Labute approximate surface area is 110 Å². The number of quaternary nitrogens is 1. The molecule has 18 heavy (non-hydrogen) atoms. The smallest absolute Gasteiger partial charge is 0.101 e. The largest absolute Gasteiger partial charge is 0.342 e. The van der Waals surface area contributed by atoms with E-state index in [4.69, 9.17) is 0 Å². The van der Waals surface area contributed by atoms with Crippen LogP contribution in [0.4, 0.5) is 0 Å². The lowest BCUT2D eigenvalue weighted by molar-refractivity contribution is -0.672. The van der Waals surface area contributed by atoms with Gasteiger partial charge in [-0.2, -0.15) is 0 Å². The summed E-state index contributed by atoms with van der Waals surface area (Å²) in [5.41, 5.74) is 4.16. The van der Waals surface area contributed by atoms with Gasteiger partial charge in [-0.3, -0.25) is 0 Å². The summed E-state index contributed by atoms with van der Waals surface area (Å²) in [6, 6.07) is 19.5. The van der Waals surface area contributed by atoms with Crippen molar-refractivity contribution >= 4 is 0 Å². The van der Waals surface area contributed by atoms with E-state index in [1.807, 2.05) is 0 Å². The third kappa shape index (κ3) is 3.71. The zero-order valence-corrected chi connectivity index (χ0v) is 11.3. The number of hydrogen-bond donors (Lipinski definition) is 1. The molecule has 2 rings (SSSR count). The van der Waals surface area contributed by atoms with Crippen molar-refractivity contribution in [2.75, 3.05) is 6.54 Å². The van der Waals surface area contributed by atoms with Gasteiger partial charge >= 0.3 is 0 Å². The molecule has 1 heteroatoms. The first kappa shape index (κ1) is 12.8. The number of hydrogen-bond acceptors (Lipinski definition) is 0. The molecule has 0 radical (unpaired) electrons. The fourth-order valence-electron chi connectivity index (χ4n) is 2.14. The maximum atomic E-state index is 2.39. The van der Waals surface area contributed by atoms with E-state index in [9.17, 15) is 0 Å². The summed E-state index contributed by atoms with van der Waals surface area (Å²) < 4.78 is 0. The summed E-state index contributed by atoms with van der Waals surface area (Å²) in [6.07, 6.45) is 0. The van der Waals surface area contributed by atoms with Gasteiger partial charge in [-0.25, -0.2) is 0 Å². The number of nitrogens with two attached hydrogens (primary N) is 1. The van der Waals surface area contributed by atoms with E-state index in [-0.39, 0.29) is 0 Å². The normalized spacial score (nSPS) is 12.3. The number of aryl methyl sites for hydroxylation is 1. The van der Waals surface area contributed by atoms with Crippen LogP contribution in [0.5, 0.6) is 0 Å². The van der Waals surface area contributed by atoms with Crippen LogP contribution >= 0.6 is 0 Å². The number of rotatable bonds is 5. The van der Waals surface area contributed by atoms with Crippen LogP contribution in [0.3, 0.4) is 0 Å². The fraction of sp³-hybridized carbons (Fsp3) is 0.294. The van der Waals surface area contributed by atoms with Crippen LogP contribution in [0.1, 0.15) is 29.5 Å². The Kier molecular flexibility index (Phi) is 4.54. The molecule has 0 amide bonds. The molecule has 0 unspecified atom stereocenters. The number of benzene rings is 2. The van der Waals surface area contributed by atoms with Gasteiger partial charge in [-0.1, -0.05) is 67.1 Å². The maximum absolute atomic E-state index is 2.39. The van der Waals surface area contributed by atoms with Crippen LogP contribution in [-0.2, 0) is 6.54 Å². The topological polar surface area (TPSA) is 16.6 Å². The summed E-state index contributed by atoms with van der Waals surface area (Å²) in [5, 5.41) is 2.39. The van der Waals surface area contributed by atoms with Crippen LogP contribution in [0, 0.1) is 6.92 Å². The Hall–Kier alpha value is -1.60. The molecule has 0 aromatic heterocycles. The highest BCUT2D eigenvalue weighted by molar-refractivity contribution is 5.20. The minimum absolute atomic E-state index is 0.608. The molecule has 0 aliphatic heterocycles. The van der Waals surface area contributed by atoms with Gasteiger partial charge in [0, 0.05) is 11.5 Å². The standard InChI is InChI=1S/C17H21N/c1-14-8-10-16(11-9-14)13-18-12-15(2)17-6-4-3-5-7-17/h3-11,15,18H,12-13H2,1-2H3/p+1/t15-/m0/s1. The van der Waals surface area contributed by atoms with E-state index < -0.39 is 0 Å². The highest BCUT2D eigenvalue weighted by atomic mass is 14.9. The molecule has 1 nitrogen and oxygen atoms in total. The van der Waals surface area contributed by atoms with Crippen molar-refractivity contribution in [1.29, 1.82) is 0 Å². The van der Waals surface area contributed by atoms with Crippen molar-refractivity contribution in [3.8, 4) is 0 Å². The van der Waals surface area contributed by atoms with Gasteiger partial charge in [0.2, 0.25) is 0 Å². The van der Waals surface area contributed by atoms with Crippen LogP contribution in [-0.4, -0.2) is 6.54 Å². The lowest BCUT2D eigenvalue weighted by Gasteiger charge is -2.10. The molecule has 2 aromatic carbocycles. The molecule has 0 fully saturated rings. The van der Waals surface area contributed by atoms with E-state index in [1.54, 1.807) is 0 Å². The van der Waals surface area contributed by atoms with Crippen molar-refractivity contribution in [2.24, 2.45) is 0 Å². The predicted molar refractivity (Wildman–Crippen MR) is 76.5 cm³/mol. The van der Waals surface area contributed by atoms with Crippen LogP contribution < -0.4 is 5.32 Å². The Bertz CT molecular complexity index is 459. The van der Waals surface area contributed by atoms with E-state index in [0.29, 0.717) is 5.92 Å². The summed E-state index contributed by atoms with van der Waals surface area (Å²) in [5.74, 6) is 0.608. The van der Waals surface area contributed by atoms with Crippen LogP contribution in [0.15, 0.2) is 54.6 Å². The van der Waals surface area contributed by atoms with Crippen molar-refractivity contribution in [2.45, 2.75) is 26.3 Å². The van der Waals surface area contributed by atoms with Crippen molar-refractivity contribution in [3.05, 3.63) is 71.3 Å². The molecular weight excluding hydrogens is 218 g/mol. The molecule has 0 aliphatic rings. The van der Waals surface area contributed by atoms with Gasteiger partial charge in [0.1, 0.15) is 6.54 Å². The Morgan fingerprint density at radius 3 is 2.28 bits per heavy atom. The minimum atomic E-state index is 0.608. The fourth-order valence-corrected chi connectivity index (χ4v) is 2.14. The average Bonchev–Trinajstić information content (AvgIpc) is 2.42. The van der Waals surface area contributed by atoms with Gasteiger partial charge in [0.05, 0.1) is 6.54 Å². The second-order valence-electron chi connectivity index (χ2n) is 5.03. The molecule has 2 aromatic rings. The van der Waals surface area contributed by atoms with Crippen LogP contribution in [0.25, 0.3) is 0 Å². The zero-order valence-electron chi connectivity index (χ0n) is 11.3. The molecule has 2 N–H and O–H groups in total. The van der Waals surface area contributed by atoms with Gasteiger partial charge in [0.15, 0.2) is 0 Å². The second kappa shape index (κ2) is 6.36. The van der Waals surface area contributed by atoms with E-state index in [1.165, 1.54) is 16.7 Å². The maximum Gasteiger partial charge on any atom is 0.101 e. The highest BCUT2D eigenvalue weighted by Gasteiger charge is 2.06. The van der Waals surface area contributed by atoms with Crippen molar-refractivity contribution < 1.29 is 5.32 Å². The average molecular weight is 240 g/mol. The van der Waals surface area contributed by atoms with E-state index in [2.05, 4.69) is 73.8 Å². The van der Waals surface area contributed by atoms with Crippen molar-refractivity contribution in [3.63, 3.8) is 0 Å². The molecule has 0 saturated heterocycles. The predicted octanol–water partition coefficient (Wildman–Crippen LogP) is 2.86. The molecular formula is C17H22N+. The first-order chi connectivity index (χ1) is 8.75. The zero-order chi connectivity index (χ0) is 12.8. The third-order valence-electron chi connectivity index (χ3n) is 3.39. The first-order valence-corrected chi connectivity index (χ1v) is 6.68. The Morgan fingerprint density at radius 2 is 1.61 bits per heavy atom. The first-order valence-electron chi connectivity index (χ1n) is 6.68. The summed E-state index contributed by atoms with van der Waals surface area (Å²) >= 11 is 0. The Morgan fingerprint density at radius 1 is 0.944 bits per heavy atom. The quantitative estimate of drug-likeness (QED) is 0.827. The van der Waals surface area contributed by atoms with Crippen LogP contribution in [0.2, 0.25) is 0 Å². The molecule has 0 heterocycles. The van der Waals surface area contributed by atoms with E-state index >= 15 is 0 Å². The Balaban J connectivity index is 1.80.